The highest BCUT2D eigenvalue weighted by molar-refractivity contribution is 5.79. The van der Waals surface area contributed by atoms with Gasteiger partial charge in [-0.05, 0) is 44.4 Å². The summed E-state index contributed by atoms with van der Waals surface area (Å²) in [5.74, 6) is 0.852. The molecule has 2 heterocycles. The molecule has 1 aliphatic heterocycles. The number of nitrogens with one attached hydrogen (secondary N) is 1. The van der Waals surface area contributed by atoms with Crippen molar-refractivity contribution < 1.29 is 4.42 Å². The van der Waals surface area contributed by atoms with Crippen LogP contribution in [0.4, 0.5) is 0 Å². The van der Waals surface area contributed by atoms with E-state index in [0.717, 1.165) is 35.5 Å². The fourth-order valence-corrected chi connectivity index (χ4v) is 2.32. The molecule has 1 fully saturated rings. The van der Waals surface area contributed by atoms with Crippen molar-refractivity contribution in [1.82, 2.24) is 10.3 Å². The van der Waals surface area contributed by atoms with Crippen LogP contribution in [0.25, 0.3) is 11.1 Å². The molecular formula is C13H16N2O. The van der Waals surface area contributed by atoms with Crippen LogP contribution in [0.2, 0.25) is 0 Å². The first-order valence-corrected chi connectivity index (χ1v) is 5.86. The summed E-state index contributed by atoms with van der Waals surface area (Å²) in [6.45, 7) is 5.22. The predicted molar refractivity (Wildman–Crippen MR) is 63.5 cm³/mol. The Bertz CT molecular complexity index is 485. The topological polar surface area (TPSA) is 38.1 Å². The number of benzene rings is 1. The standard InChI is InChI=1S/C13H16N2O/c1-8-5-6-9(2)12-11(8)15-13(16-12)10-4-3-7-14-10/h5-6,10,14H,3-4,7H2,1-2H3. The maximum atomic E-state index is 5.89. The van der Waals surface area contributed by atoms with Gasteiger partial charge in [0.2, 0.25) is 5.89 Å². The van der Waals surface area contributed by atoms with E-state index < -0.39 is 0 Å². The second kappa shape index (κ2) is 3.59. The van der Waals surface area contributed by atoms with Crippen LogP contribution in [0, 0.1) is 13.8 Å². The van der Waals surface area contributed by atoms with E-state index in [1.165, 1.54) is 12.0 Å². The Hall–Kier alpha value is -1.35. The van der Waals surface area contributed by atoms with Crippen LogP contribution in [0.1, 0.15) is 35.9 Å². The molecule has 0 radical (unpaired) electrons. The van der Waals surface area contributed by atoms with Gasteiger partial charge in [-0.3, -0.25) is 0 Å². The predicted octanol–water partition coefficient (Wildman–Crippen LogP) is 2.87. The summed E-state index contributed by atoms with van der Waals surface area (Å²) in [4.78, 5) is 4.63. The maximum Gasteiger partial charge on any atom is 0.212 e. The molecule has 84 valence electrons. The minimum Gasteiger partial charge on any atom is -0.439 e. The highest BCUT2D eigenvalue weighted by Crippen LogP contribution is 2.28. The highest BCUT2D eigenvalue weighted by atomic mass is 16.3. The van der Waals surface area contributed by atoms with E-state index in [1.807, 2.05) is 0 Å². The van der Waals surface area contributed by atoms with E-state index in [1.54, 1.807) is 0 Å². The Labute approximate surface area is 94.9 Å². The van der Waals surface area contributed by atoms with E-state index in [4.69, 9.17) is 4.42 Å². The van der Waals surface area contributed by atoms with Crippen LogP contribution in [-0.4, -0.2) is 11.5 Å². The Morgan fingerprint density at radius 2 is 2.12 bits per heavy atom. The molecule has 0 spiro atoms. The van der Waals surface area contributed by atoms with Gasteiger partial charge in [0.05, 0.1) is 6.04 Å². The van der Waals surface area contributed by atoms with Gasteiger partial charge in [0.25, 0.3) is 0 Å². The maximum absolute atomic E-state index is 5.89. The van der Waals surface area contributed by atoms with E-state index in [2.05, 4.69) is 36.3 Å². The van der Waals surface area contributed by atoms with Crippen molar-refractivity contribution in [2.75, 3.05) is 6.54 Å². The molecule has 3 rings (SSSR count). The fraction of sp³-hybridized carbons (Fsp3) is 0.462. The zero-order valence-corrected chi connectivity index (χ0v) is 9.71. The van der Waals surface area contributed by atoms with E-state index in [9.17, 15) is 0 Å². The van der Waals surface area contributed by atoms with Crippen LogP contribution in [0.15, 0.2) is 16.5 Å². The Morgan fingerprint density at radius 3 is 2.81 bits per heavy atom. The molecule has 2 aromatic rings. The summed E-state index contributed by atoms with van der Waals surface area (Å²) in [6, 6.07) is 4.51. The van der Waals surface area contributed by atoms with Gasteiger partial charge in [0.1, 0.15) is 5.52 Å². The van der Waals surface area contributed by atoms with Gasteiger partial charge in [-0.2, -0.15) is 0 Å². The average molecular weight is 216 g/mol. The van der Waals surface area contributed by atoms with Gasteiger partial charge < -0.3 is 9.73 Å². The van der Waals surface area contributed by atoms with Crippen molar-refractivity contribution in [1.29, 1.82) is 0 Å². The molecule has 16 heavy (non-hydrogen) atoms. The normalized spacial score (nSPS) is 20.8. The van der Waals surface area contributed by atoms with Crippen molar-refractivity contribution in [3.05, 3.63) is 29.2 Å². The summed E-state index contributed by atoms with van der Waals surface area (Å²) in [6.07, 6.45) is 2.34. The SMILES string of the molecule is Cc1ccc(C)c2oc(C3CCCN3)nc12. The number of aryl methyl sites for hydroxylation is 2. The first kappa shape index (κ1) is 9.85. The summed E-state index contributed by atoms with van der Waals surface area (Å²) < 4.78 is 5.89. The van der Waals surface area contributed by atoms with Crippen LogP contribution in [0.5, 0.6) is 0 Å². The van der Waals surface area contributed by atoms with Crippen LogP contribution in [-0.2, 0) is 0 Å². The van der Waals surface area contributed by atoms with Gasteiger partial charge in [0.15, 0.2) is 5.58 Å². The van der Waals surface area contributed by atoms with Crippen molar-refractivity contribution in [3.8, 4) is 0 Å². The molecule has 1 aromatic carbocycles. The third kappa shape index (κ3) is 1.43. The average Bonchev–Trinajstić information content (AvgIpc) is 2.90. The fourth-order valence-electron chi connectivity index (χ4n) is 2.32. The molecule has 0 aliphatic carbocycles. The number of oxazole rings is 1. The summed E-state index contributed by atoms with van der Waals surface area (Å²) >= 11 is 0. The van der Waals surface area contributed by atoms with Gasteiger partial charge in [-0.15, -0.1) is 0 Å². The number of hydrogen-bond donors (Lipinski definition) is 1. The lowest BCUT2D eigenvalue weighted by atomic mass is 10.1. The summed E-state index contributed by atoms with van der Waals surface area (Å²) in [5.41, 5.74) is 4.32. The summed E-state index contributed by atoms with van der Waals surface area (Å²) in [5, 5.41) is 3.42. The highest BCUT2D eigenvalue weighted by Gasteiger charge is 2.22. The molecular weight excluding hydrogens is 200 g/mol. The lowest BCUT2D eigenvalue weighted by molar-refractivity contribution is 0.451. The molecule has 0 bridgehead atoms. The zero-order valence-electron chi connectivity index (χ0n) is 9.71. The van der Waals surface area contributed by atoms with Crippen molar-refractivity contribution in [3.63, 3.8) is 0 Å². The Morgan fingerprint density at radius 1 is 1.31 bits per heavy atom. The lowest BCUT2D eigenvalue weighted by Crippen LogP contribution is -2.12. The molecule has 3 nitrogen and oxygen atoms in total. The largest absolute Gasteiger partial charge is 0.439 e. The van der Waals surface area contributed by atoms with Gasteiger partial charge in [-0.25, -0.2) is 4.98 Å². The van der Waals surface area contributed by atoms with Crippen molar-refractivity contribution >= 4 is 11.1 Å². The van der Waals surface area contributed by atoms with Crippen molar-refractivity contribution in [2.24, 2.45) is 0 Å². The number of nitrogens with zero attached hydrogens (tertiary/aromatic N) is 1. The van der Waals surface area contributed by atoms with E-state index >= 15 is 0 Å². The van der Waals surface area contributed by atoms with Crippen LogP contribution in [0.3, 0.4) is 0 Å². The molecule has 1 aromatic heterocycles. The molecule has 0 amide bonds. The first-order chi connectivity index (χ1) is 7.75. The molecule has 3 heteroatoms. The smallest absolute Gasteiger partial charge is 0.212 e. The van der Waals surface area contributed by atoms with Gasteiger partial charge in [-0.1, -0.05) is 12.1 Å². The van der Waals surface area contributed by atoms with E-state index in [-0.39, 0.29) is 0 Å². The number of fused-ring (bicyclic) bond motifs is 1. The van der Waals surface area contributed by atoms with Gasteiger partial charge in [0, 0.05) is 0 Å². The quantitative estimate of drug-likeness (QED) is 0.796. The van der Waals surface area contributed by atoms with E-state index in [0.29, 0.717) is 6.04 Å². The van der Waals surface area contributed by atoms with Crippen molar-refractivity contribution in [2.45, 2.75) is 32.7 Å². The third-order valence-electron chi connectivity index (χ3n) is 3.32. The minimum absolute atomic E-state index is 0.311. The van der Waals surface area contributed by atoms with Crippen LogP contribution < -0.4 is 5.32 Å². The second-order valence-corrected chi connectivity index (χ2v) is 4.58. The third-order valence-corrected chi connectivity index (χ3v) is 3.32. The van der Waals surface area contributed by atoms with Gasteiger partial charge >= 0.3 is 0 Å². The van der Waals surface area contributed by atoms with Crippen LogP contribution >= 0.6 is 0 Å². The Balaban J connectivity index is 2.14. The molecule has 1 N–H and O–H groups in total. The molecule has 1 saturated heterocycles. The monoisotopic (exact) mass is 216 g/mol. The minimum atomic E-state index is 0.311. The summed E-state index contributed by atoms with van der Waals surface area (Å²) in [7, 11) is 0. The Kier molecular flexibility index (Phi) is 2.21. The lowest BCUT2D eigenvalue weighted by Gasteiger charge is -2.02. The molecule has 1 atom stereocenters. The number of rotatable bonds is 1. The number of aromatic nitrogens is 1. The number of hydrogen-bond acceptors (Lipinski definition) is 3. The molecule has 1 aliphatic rings. The molecule has 1 unspecified atom stereocenters. The second-order valence-electron chi connectivity index (χ2n) is 4.58. The first-order valence-electron chi connectivity index (χ1n) is 5.86. The molecule has 0 saturated carbocycles. The zero-order chi connectivity index (χ0) is 11.1.